The summed E-state index contributed by atoms with van der Waals surface area (Å²) in [6.07, 6.45) is -4.24. The van der Waals surface area contributed by atoms with E-state index in [1.165, 1.54) is 0 Å². The van der Waals surface area contributed by atoms with Gasteiger partial charge in [-0.15, -0.1) is 0 Å². The summed E-state index contributed by atoms with van der Waals surface area (Å²) in [6, 6.07) is 0. The number of aliphatic hydroxyl groups is 4. The van der Waals surface area contributed by atoms with Crippen molar-refractivity contribution in [2.45, 2.75) is 28.5 Å². The highest BCUT2D eigenvalue weighted by atomic mass is 127. The first-order valence-corrected chi connectivity index (χ1v) is 4.77. The van der Waals surface area contributed by atoms with Gasteiger partial charge in [0.15, 0.2) is 6.29 Å². The van der Waals surface area contributed by atoms with E-state index >= 15 is 0 Å². The van der Waals surface area contributed by atoms with Gasteiger partial charge in [-0.25, -0.2) is 0 Å². The molecule has 1 fully saturated rings. The molecule has 0 aromatic heterocycles. The van der Waals surface area contributed by atoms with Crippen molar-refractivity contribution >= 4 is 22.6 Å². The molecule has 0 bridgehead atoms. The minimum absolute atomic E-state index is 0.418. The van der Waals surface area contributed by atoms with Gasteiger partial charge in [0.2, 0.25) is 0 Å². The Balaban J connectivity index is 2.63. The van der Waals surface area contributed by atoms with Crippen LogP contribution in [0.1, 0.15) is 0 Å². The quantitative estimate of drug-likeness (QED) is 0.339. The standard InChI is InChI=1S/C6H11IO5/c7-3-5(10)4(9)2(1-8)12-6(3)11/h2-6,8-11H,1H2/t2?,3?,4-,5+,6+/m1/s1. The maximum absolute atomic E-state index is 9.31. The van der Waals surface area contributed by atoms with Crippen molar-refractivity contribution in [3.63, 3.8) is 0 Å². The van der Waals surface area contributed by atoms with Crippen molar-refractivity contribution in [1.29, 1.82) is 0 Å². The van der Waals surface area contributed by atoms with Crippen LogP contribution in [0.15, 0.2) is 0 Å². The molecule has 1 aliphatic rings. The van der Waals surface area contributed by atoms with Crippen molar-refractivity contribution in [1.82, 2.24) is 0 Å². The van der Waals surface area contributed by atoms with Crippen LogP contribution >= 0.6 is 22.6 Å². The minimum Gasteiger partial charge on any atom is -0.394 e. The van der Waals surface area contributed by atoms with Gasteiger partial charge in [0.1, 0.15) is 12.2 Å². The maximum Gasteiger partial charge on any atom is 0.169 e. The molecule has 4 N–H and O–H groups in total. The molecule has 0 amide bonds. The molecule has 1 saturated heterocycles. The van der Waals surface area contributed by atoms with E-state index in [1.807, 2.05) is 0 Å². The molecule has 12 heavy (non-hydrogen) atoms. The Morgan fingerprint density at radius 1 is 1.17 bits per heavy atom. The largest absolute Gasteiger partial charge is 0.394 e. The van der Waals surface area contributed by atoms with Crippen LogP contribution in [0, 0.1) is 0 Å². The van der Waals surface area contributed by atoms with Gasteiger partial charge in [0, 0.05) is 0 Å². The fourth-order valence-corrected chi connectivity index (χ4v) is 1.66. The van der Waals surface area contributed by atoms with Crippen LogP contribution in [0.4, 0.5) is 0 Å². The van der Waals surface area contributed by atoms with Gasteiger partial charge in [-0.2, -0.15) is 0 Å². The molecule has 0 aromatic carbocycles. The molecular formula is C6H11IO5. The third-order valence-electron chi connectivity index (χ3n) is 1.82. The summed E-state index contributed by atoms with van der Waals surface area (Å²) in [7, 11) is 0. The van der Waals surface area contributed by atoms with E-state index < -0.39 is 35.1 Å². The molecule has 1 rings (SSSR count). The number of ether oxygens (including phenoxy) is 1. The monoisotopic (exact) mass is 290 g/mol. The van der Waals surface area contributed by atoms with Gasteiger partial charge in [-0.1, -0.05) is 22.6 Å². The number of aliphatic hydroxyl groups excluding tert-OH is 4. The number of halogens is 1. The summed E-state index contributed by atoms with van der Waals surface area (Å²) in [5.41, 5.74) is 0. The van der Waals surface area contributed by atoms with Crippen LogP contribution in [0.25, 0.3) is 0 Å². The fraction of sp³-hybridized carbons (Fsp3) is 1.00. The van der Waals surface area contributed by atoms with Gasteiger partial charge >= 0.3 is 0 Å². The van der Waals surface area contributed by atoms with Crippen molar-refractivity contribution in [3.8, 4) is 0 Å². The minimum atomic E-state index is -1.14. The Bertz CT molecular complexity index is 150. The second kappa shape index (κ2) is 4.16. The topological polar surface area (TPSA) is 90.2 Å². The van der Waals surface area contributed by atoms with E-state index in [1.54, 1.807) is 22.6 Å². The Kier molecular flexibility index (Phi) is 3.68. The van der Waals surface area contributed by atoms with Crippen LogP contribution in [-0.2, 0) is 4.74 Å². The number of rotatable bonds is 1. The Labute approximate surface area is 83.1 Å². The Morgan fingerprint density at radius 3 is 2.25 bits per heavy atom. The Morgan fingerprint density at radius 2 is 1.75 bits per heavy atom. The summed E-state index contributed by atoms with van der Waals surface area (Å²) in [6.45, 7) is -0.418. The average Bonchev–Trinajstić information content (AvgIpc) is 2.08. The normalized spacial score (nSPS) is 49.2. The predicted molar refractivity (Wildman–Crippen MR) is 47.8 cm³/mol. The fourth-order valence-electron chi connectivity index (χ4n) is 1.06. The zero-order valence-corrected chi connectivity index (χ0v) is 8.33. The Hall–Kier alpha value is 0.530. The van der Waals surface area contributed by atoms with E-state index in [2.05, 4.69) is 0 Å². The predicted octanol–water partition coefficient (Wildman–Crippen LogP) is -1.78. The molecule has 0 saturated carbocycles. The van der Waals surface area contributed by atoms with Gasteiger partial charge in [-0.3, -0.25) is 0 Å². The average molecular weight is 290 g/mol. The summed E-state index contributed by atoms with van der Waals surface area (Å²) < 4.78 is 4.25. The number of hydrogen-bond donors (Lipinski definition) is 4. The van der Waals surface area contributed by atoms with E-state index in [4.69, 9.17) is 14.9 Å². The van der Waals surface area contributed by atoms with Crippen LogP contribution in [-0.4, -0.2) is 55.6 Å². The molecule has 5 nitrogen and oxygen atoms in total. The lowest BCUT2D eigenvalue weighted by Gasteiger charge is -2.37. The van der Waals surface area contributed by atoms with Crippen molar-refractivity contribution < 1.29 is 25.2 Å². The van der Waals surface area contributed by atoms with E-state index in [-0.39, 0.29) is 0 Å². The summed E-state index contributed by atoms with van der Waals surface area (Å²) in [4.78, 5) is 0. The number of hydrogen-bond acceptors (Lipinski definition) is 5. The zero-order chi connectivity index (χ0) is 9.30. The molecule has 6 heteroatoms. The van der Waals surface area contributed by atoms with Crippen LogP contribution in [0.3, 0.4) is 0 Å². The number of alkyl halides is 1. The molecular weight excluding hydrogens is 279 g/mol. The van der Waals surface area contributed by atoms with Gasteiger partial charge < -0.3 is 25.2 Å². The second-order valence-electron chi connectivity index (χ2n) is 2.67. The van der Waals surface area contributed by atoms with Crippen molar-refractivity contribution in [2.75, 3.05) is 6.61 Å². The third-order valence-corrected chi connectivity index (χ3v) is 3.18. The maximum atomic E-state index is 9.31. The summed E-state index contributed by atoms with van der Waals surface area (Å²) >= 11 is 1.78. The lowest BCUT2D eigenvalue weighted by Crippen LogP contribution is -2.56. The third kappa shape index (κ3) is 1.88. The van der Waals surface area contributed by atoms with Crippen LogP contribution in [0.5, 0.6) is 0 Å². The summed E-state index contributed by atoms with van der Waals surface area (Å²) in [5.74, 6) is 0. The molecule has 0 aliphatic carbocycles. The SMILES string of the molecule is OCC1O[C@H](O)C(I)[C@H](O)[C@@H]1O. The van der Waals surface area contributed by atoms with E-state index in [9.17, 15) is 10.2 Å². The van der Waals surface area contributed by atoms with Crippen molar-refractivity contribution in [3.05, 3.63) is 0 Å². The smallest absolute Gasteiger partial charge is 0.169 e. The second-order valence-corrected chi connectivity index (χ2v) is 4.11. The first-order valence-electron chi connectivity index (χ1n) is 3.52. The van der Waals surface area contributed by atoms with Gasteiger partial charge in [0.05, 0.1) is 16.6 Å². The molecule has 1 heterocycles. The highest BCUT2D eigenvalue weighted by Gasteiger charge is 2.41. The summed E-state index contributed by atoms with van der Waals surface area (Å²) in [5, 5.41) is 36.4. The lowest BCUT2D eigenvalue weighted by atomic mass is 10.0. The molecule has 72 valence electrons. The highest BCUT2D eigenvalue weighted by Crippen LogP contribution is 2.24. The molecule has 2 unspecified atom stereocenters. The van der Waals surface area contributed by atoms with Gasteiger partial charge in [0.25, 0.3) is 0 Å². The van der Waals surface area contributed by atoms with Gasteiger partial charge in [-0.05, 0) is 0 Å². The van der Waals surface area contributed by atoms with E-state index in [0.29, 0.717) is 0 Å². The van der Waals surface area contributed by atoms with Crippen LogP contribution in [0.2, 0.25) is 0 Å². The molecule has 0 spiro atoms. The first kappa shape index (κ1) is 10.6. The lowest BCUT2D eigenvalue weighted by molar-refractivity contribution is -0.231. The highest BCUT2D eigenvalue weighted by molar-refractivity contribution is 14.1. The molecule has 0 aromatic rings. The molecule has 5 atom stereocenters. The van der Waals surface area contributed by atoms with Crippen molar-refractivity contribution in [2.24, 2.45) is 0 Å². The van der Waals surface area contributed by atoms with E-state index in [0.717, 1.165) is 0 Å². The molecule has 1 aliphatic heterocycles. The first-order chi connectivity index (χ1) is 5.57. The van der Waals surface area contributed by atoms with Crippen LogP contribution < -0.4 is 0 Å². The zero-order valence-electron chi connectivity index (χ0n) is 6.17. The molecule has 0 radical (unpaired) electrons.